The van der Waals surface area contributed by atoms with Crippen molar-refractivity contribution in [2.45, 2.75) is 31.5 Å². The van der Waals surface area contributed by atoms with Crippen LogP contribution in [0.15, 0.2) is 42.5 Å². The number of methoxy groups -OCH3 is 1. The Labute approximate surface area is 197 Å². The molecule has 2 atom stereocenters. The lowest BCUT2D eigenvalue weighted by molar-refractivity contribution is -0.868. The second kappa shape index (κ2) is 9.66. The second-order valence-corrected chi connectivity index (χ2v) is 9.42. The lowest BCUT2D eigenvalue weighted by Gasteiger charge is -2.31. The van der Waals surface area contributed by atoms with E-state index in [0.29, 0.717) is 22.3 Å². The SMILES string of the molecule is COc1ccc([C@H]2Cc3c(cccc3C(F)(F)F)N(CC[N+](C)(C)C)C(=O)[C@H]2OC(C)=O)cc1. The fourth-order valence-corrected chi connectivity index (χ4v) is 4.16. The summed E-state index contributed by atoms with van der Waals surface area (Å²) in [5.41, 5.74) is -0.00603. The van der Waals surface area contributed by atoms with Crippen LogP contribution in [0.1, 0.15) is 29.5 Å². The van der Waals surface area contributed by atoms with Gasteiger partial charge in [-0.1, -0.05) is 18.2 Å². The molecule has 184 valence electrons. The number of halogens is 3. The largest absolute Gasteiger partial charge is 0.497 e. The molecule has 1 heterocycles. The summed E-state index contributed by atoms with van der Waals surface area (Å²) in [7, 11) is 7.29. The summed E-state index contributed by atoms with van der Waals surface area (Å²) < 4.78 is 53.3. The molecule has 3 rings (SSSR count). The van der Waals surface area contributed by atoms with Crippen molar-refractivity contribution in [1.29, 1.82) is 0 Å². The minimum Gasteiger partial charge on any atom is -0.497 e. The molecule has 0 aromatic heterocycles. The number of rotatable bonds is 6. The monoisotopic (exact) mass is 479 g/mol. The van der Waals surface area contributed by atoms with Gasteiger partial charge in [0, 0.05) is 18.5 Å². The number of carbonyl (C=O) groups is 2. The molecular formula is C25H30F3N2O4+. The van der Waals surface area contributed by atoms with E-state index >= 15 is 0 Å². The van der Waals surface area contributed by atoms with Gasteiger partial charge in [0.25, 0.3) is 5.91 Å². The van der Waals surface area contributed by atoms with Crippen molar-refractivity contribution in [3.05, 3.63) is 59.2 Å². The summed E-state index contributed by atoms with van der Waals surface area (Å²) in [6, 6.07) is 10.6. The summed E-state index contributed by atoms with van der Waals surface area (Å²) in [6.45, 7) is 1.85. The normalized spacial score (nSPS) is 18.8. The van der Waals surface area contributed by atoms with Crippen LogP contribution in [-0.2, 0) is 26.9 Å². The fraction of sp³-hybridized carbons (Fsp3) is 0.440. The van der Waals surface area contributed by atoms with Crippen LogP contribution in [0, 0.1) is 0 Å². The number of esters is 1. The molecule has 0 fully saturated rings. The molecule has 0 aliphatic carbocycles. The number of carbonyl (C=O) groups excluding carboxylic acids is 2. The highest BCUT2D eigenvalue weighted by molar-refractivity contribution is 6.00. The fourth-order valence-electron chi connectivity index (χ4n) is 4.16. The molecule has 0 saturated heterocycles. The van der Waals surface area contributed by atoms with Crippen LogP contribution in [0.5, 0.6) is 5.75 Å². The molecule has 0 N–H and O–H groups in total. The van der Waals surface area contributed by atoms with Gasteiger partial charge in [-0.2, -0.15) is 13.2 Å². The Hall–Kier alpha value is -3.07. The van der Waals surface area contributed by atoms with Gasteiger partial charge in [0.05, 0.1) is 46.9 Å². The summed E-state index contributed by atoms with van der Waals surface area (Å²) in [6.07, 6.45) is -6.00. The lowest BCUT2D eigenvalue weighted by Crippen LogP contribution is -2.48. The molecule has 34 heavy (non-hydrogen) atoms. The Balaban J connectivity index is 2.21. The summed E-state index contributed by atoms with van der Waals surface area (Å²) in [4.78, 5) is 27.1. The zero-order chi connectivity index (χ0) is 25.3. The zero-order valence-corrected chi connectivity index (χ0v) is 20.0. The lowest BCUT2D eigenvalue weighted by atomic mass is 9.86. The maximum Gasteiger partial charge on any atom is 0.416 e. The third kappa shape index (κ3) is 5.70. The third-order valence-electron chi connectivity index (χ3n) is 5.88. The minimum atomic E-state index is -4.61. The van der Waals surface area contributed by atoms with E-state index in [1.54, 1.807) is 24.3 Å². The van der Waals surface area contributed by atoms with Crippen LogP contribution in [-0.4, -0.2) is 63.8 Å². The molecule has 0 spiro atoms. The first-order chi connectivity index (χ1) is 15.8. The van der Waals surface area contributed by atoms with Crippen molar-refractivity contribution in [3.8, 4) is 5.75 Å². The average Bonchev–Trinajstić information content (AvgIpc) is 2.85. The third-order valence-corrected chi connectivity index (χ3v) is 5.88. The highest BCUT2D eigenvalue weighted by atomic mass is 19.4. The van der Waals surface area contributed by atoms with Crippen molar-refractivity contribution in [2.75, 3.05) is 46.2 Å². The van der Waals surface area contributed by atoms with E-state index < -0.39 is 35.6 Å². The second-order valence-electron chi connectivity index (χ2n) is 9.42. The number of hydrogen-bond acceptors (Lipinski definition) is 4. The Kier molecular flexibility index (Phi) is 7.26. The van der Waals surface area contributed by atoms with Crippen LogP contribution in [0.2, 0.25) is 0 Å². The van der Waals surface area contributed by atoms with Gasteiger partial charge >= 0.3 is 12.1 Å². The van der Waals surface area contributed by atoms with Gasteiger partial charge in [-0.3, -0.25) is 9.59 Å². The average molecular weight is 480 g/mol. The number of likely N-dealkylation sites (N-methyl/N-ethyl adjacent to an activating group) is 1. The molecule has 0 saturated carbocycles. The number of fused-ring (bicyclic) bond motifs is 1. The quantitative estimate of drug-likeness (QED) is 0.464. The minimum absolute atomic E-state index is 0.0141. The number of anilines is 1. The van der Waals surface area contributed by atoms with E-state index in [4.69, 9.17) is 9.47 Å². The molecule has 2 aromatic rings. The molecule has 1 aliphatic rings. The number of hydrogen-bond donors (Lipinski definition) is 0. The highest BCUT2D eigenvalue weighted by Crippen LogP contribution is 2.43. The van der Waals surface area contributed by atoms with Gasteiger partial charge in [0.15, 0.2) is 6.10 Å². The number of amides is 1. The van der Waals surface area contributed by atoms with Crippen molar-refractivity contribution < 1.29 is 36.7 Å². The summed E-state index contributed by atoms with van der Waals surface area (Å²) in [5, 5.41) is 0. The Morgan fingerprint density at radius 2 is 1.76 bits per heavy atom. The van der Waals surface area contributed by atoms with Gasteiger partial charge < -0.3 is 18.9 Å². The smallest absolute Gasteiger partial charge is 0.416 e. The van der Waals surface area contributed by atoms with Crippen molar-refractivity contribution in [2.24, 2.45) is 0 Å². The standard InChI is InChI=1S/C25H30F3N2O4/c1-16(31)34-23-19(17-9-11-18(33-5)12-10-17)15-20-21(25(26,27)28)7-6-8-22(20)29(24(23)32)13-14-30(2,3)4/h6-12,19,23H,13-15H2,1-5H3/q+1/t19-,23+/m1/s1. The molecule has 0 unspecified atom stereocenters. The predicted molar refractivity (Wildman–Crippen MR) is 122 cm³/mol. The maximum absolute atomic E-state index is 14.0. The predicted octanol–water partition coefficient (Wildman–Crippen LogP) is 4.02. The maximum atomic E-state index is 14.0. The van der Waals surface area contributed by atoms with Gasteiger partial charge in [0.2, 0.25) is 0 Å². The van der Waals surface area contributed by atoms with Crippen LogP contribution in [0.4, 0.5) is 18.9 Å². The number of quaternary nitrogens is 1. The van der Waals surface area contributed by atoms with Crippen LogP contribution < -0.4 is 9.64 Å². The van der Waals surface area contributed by atoms with Gasteiger partial charge in [-0.15, -0.1) is 0 Å². The van der Waals surface area contributed by atoms with E-state index in [-0.39, 0.29) is 24.2 Å². The first-order valence-corrected chi connectivity index (χ1v) is 10.9. The van der Waals surface area contributed by atoms with Crippen molar-refractivity contribution in [1.82, 2.24) is 0 Å². The topological polar surface area (TPSA) is 55.8 Å². The molecule has 9 heteroatoms. The molecule has 6 nitrogen and oxygen atoms in total. The first-order valence-electron chi connectivity index (χ1n) is 10.9. The molecule has 1 aliphatic heterocycles. The molecule has 2 aromatic carbocycles. The molecule has 0 bridgehead atoms. The van der Waals surface area contributed by atoms with E-state index in [2.05, 4.69) is 0 Å². The number of alkyl halides is 3. The van der Waals surface area contributed by atoms with Crippen LogP contribution in [0.25, 0.3) is 0 Å². The van der Waals surface area contributed by atoms with E-state index in [1.807, 2.05) is 21.1 Å². The van der Waals surface area contributed by atoms with Crippen molar-refractivity contribution >= 4 is 17.6 Å². The van der Waals surface area contributed by atoms with Gasteiger partial charge in [-0.25, -0.2) is 0 Å². The number of ether oxygens (including phenoxy) is 2. The van der Waals surface area contributed by atoms with Gasteiger partial charge in [-0.05, 0) is 41.8 Å². The first kappa shape index (κ1) is 25.6. The molecule has 1 amide bonds. The van der Waals surface area contributed by atoms with E-state index in [1.165, 1.54) is 31.1 Å². The van der Waals surface area contributed by atoms with Gasteiger partial charge in [0.1, 0.15) is 5.75 Å². The Morgan fingerprint density at radius 3 is 2.29 bits per heavy atom. The summed E-state index contributed by atoms with van der Waals surface area (Å²) in [5.74, 6) is -1.46. The number of nitrogens with zero attached hydrogens (tertiary/aromatic N) is 2. The van der Waals surface area contributed by atoms with E-state index in [9.17, 15) is 22.8 Å². The highest BCUT2D eigenvalue weighted by Gasteiger charge is 2.44. The van der Waals surface area contributed by atoms with Crippen LogP contribution >= 0.6 is 0 Å². The zero-order valence-electron chi connectivity index (χ0n) is 20.0. The number of benzene rings is 2. The Morgan fingerprint density at radius 1 is 1.12 bits per heavy atom. The van der Waals surface area contributed by atoms with Crippen molar-refractivity contribution in [3.63, 3.8) is 0 Å². The molecule has 0 radical (unpaired) electrons. The molecular weight excluding hydrogens is 449 g/mol. The van der Waals surface area contributed by atoms with E-state index in [0.717, 1.165) is 6.07 Å². The Bertz CT molecular complexity index is 1050. The van der Waals surface area contributed by atoms with Crippen LogP contribution in [0.3, 0.4) is 0 Å². The summed E-state index contributed by atoms with van der Waals surface area (Å²) >= 11 is 0.